The predicted molar refractivity (Wildman–Crippen MR) is 79.0 cm³/mol. The van der Waals surface area contributed by atoms with E-state index in [4.69, 9.17) is 15.2 Å². The lowest BCUT2D eigenvalue weighted by molar-refractivity contribution is 0.144. The number of hydrogen-bond acceptors (Lipinski definition) is 6. The highest BCUT2D eigenvalue weighted by molar-refractivity contribution is 5.67. The summed E-state index contributed by atoms with van der Waals surface area (Å²) >= 11 is 0. The van der Waals surface area contributed by atoms with Crippen molar-refractivity contribution in [3.05, 3.63) is 5.82 Å². The molecule has 0 saturated heterocycles. The summed E-state index contributed by atoms with van der Waals surface area (Å²) in [4.78, 5) is 8.94. The van der Waals surface area contributed by atoms with Gasteiger partial charge in [0, 0.05) is 19.6 Å². The standard InChI is InChI=1S/C14H24N4O2/c1-9(2)8-11-17-13(16-10-4-5-10)12(15)14(18-11)20-7-6-19-3/h9-10H,4-8,15H2,1-3H3,(H,16,17,18). The van der Waals surface area contributed by atoms with Crippen LogP contribution in [0.3, 0.4) is 0 Å². The molecular weight excluding hydrogens is 256 g/mol. The summed E-state index contributed by atoms with van der Waals surface area (Å²) in [7, 11) is 1.64. The molecule has 1 aromatic rings. The van der Waals surface area contributed by atoms with Crippen molar-refractivity contribution in [1.82, 2.24) is 9.97 Å². The minimum atomic E-state index is 0.432. The van der Waals surface area contributed by atoms with Gasteiger partial charge in [-0.3, -0.25) is 0 Å². The Balaban J connectivity index is 2.17. The van der Waals surface area contributed by atoms with E-state index in [1.807, 2.05) is 0 Å². The Kier molecular flexibility index (Phi) is 5.00. The number of nitrogens with one attached hydrogen (secondary N) is 1. The van der Waals surface area contributed by atoms with Gasteiger partial charge < -0.3 is 20.5 Å². The molecule has 2 rings (SSSR count). The fourth-order valence-corrected chi connectivity index (χ4v) is 1.81. The zero-order chi connectivity index (χ0) is 14.5. The van der Waals surface area contributed by atoms with Gasteiger partial charge in [0.1, 0.15) is 18.1 Å². The van der Waals surface area contributed by atoms with Gasteiger partial charge in [-0.25, -0.2) is 4.98 Å². The second kappa shape index (κ2) is 6.74. The maximum Gasteiger partial charge on any atom is 0.242 e. The summed E-state index contributed by atoms with van der Waals surface area (Å²) in [6, 6.07) is 0.492. The first-order valence-corrected chi connectivity index (χ1v) is 7.14. The molecule has 1 saturated carbocycles. The Labute approximate surface area is 120 Å². The van der Waals surface area contributed by atoms with Crippen LogP contribution in [0.25, 0.3) is 0 Å². The molecule has 0 aromatic carbocycles. The summed E-state index contributed by atoms with van der Waals surface area (Å²) in [6.45, 7) is 5.22. The molecule has 1 aliphatic carbocycles. The average molecular weight is 280 g/mol. The lowest BCUT2D eigenvalue weighted by atomic mass is 10.1. The van der Waals surface area contributed by atoms with E-state index in [0.29, 0.717) is 42.6 Å². The average Bonchev–Trinajstić information content (AvgIpc) is 3.18. The van der Waals surface area contributed by atoms with Gasteiger partial charge in [0.25, 0.3) is 0 Å². The number of nitrogens with two attached hydrogens (primary N) is 1. The normalized spacial score (nSPS) is 14.6. The highest BCUT2D eigenvalue weighted by Gasteiger charge is 2.24. The van der Waals surface area contributed by atoms with E-state index >= 15 is 0 Å². The summed E-state index contributed by atoms with van der Waals surface area (Å²) in [5, 5.41) is 3.34. The van der Waals surface area contributed by atoms with Gasteiger partial charge in [0.05, 0.1) is 6.61 Å². The van der Waals surface area contributed by atoms with Crippen LogP contribution in [0.5, 0.6) is 5.88 Å². The second-order valence-electron chi connectivity index (χ2n) is 5.57. The lowest BCUT2D eigenvalue weighted by Crippen LogP contribution is -2.14. The monoisotopic (exact) mass is 280 g/mol. The van der Waals surface area contributed by atoms with E-state index in [1.165, 1.54) is 12.8 Å². The molecule has 0 unspecified atom stereocenters. The molecule has 3 N–H and O–H groups in total. The number of ether oxygens (including phenoxy) is 2. The molecule has 1 fully saturated rings. The molecule has 1 aromatic heterocycles. The minimum Gasteiger partial charge on any atom is -0.474 e. The Morgan fingerprint density at radius 2 is 2.05 bits per heavy atom. The maximum absolute atomic E-state index is 6.09. The van der Waals surface area contributed by atoms with Crippen molar-refractivity contribution in [3.63, 3.8) is 0 Å². The first kappa shape index (κ1) is 14.8. The van der Waals surface area contributed by atoms with Gasteiger partial charge in [-0.15, -0.1) is 0 Å². The van der Waals surface area contributed by atoms with Gasteiger partial charge >= 0.3 is 0 Å². The van der Waals surface area contributed by atoms with Crippen LogP contribution in [0.2, 0.25) is 0 Å². The number of rotatable bonds is 8. The molecule has 112 valence electrons. The van der Waals surface area contributed by atoms with E-state index in [0.717, 1.165) is 12.2 Å². The number of nitrogens with zero attached hydrogens (tertiary/aromatic N) is 2. The van der Waals surface area contributed by atoms with Crippen LogP contribution < -0.4 is 15.8 Å². The second-order valence-corrected chi connectivity index (χ2v) is 5.57. The Hall–Kier alpha value is -1.56. The Morgan fingerprint density at radius 3 is 2.65 bits per heavy atom. The summed E-state index contributed by atoms with van der Waals surface area (Å²) in [5.41, 5.74) is 6.57. The van der Waals surface area contributed by atoms with Crippen molar-refractivity contribution in [2.45, 2.75) is 39.2 Å². The molecule has 0 atom stereocenters. The molecule has 0 amide bonds. The summed E-state index contributed by atoms with van der Waals surface area (Å²) in [5.74, 6) is 2.41. The van der Waals surface area contributed by atoms with E-state index in [1.54, 1.807) is 7.11 Å². The van der Waals surface area contributed by atoms with Crippen LogP contribution >= 0.6 is 0 Å². The van der Waals surface area contributed by atoms with Crippen molar-refractivity contribution >= 4 is 11.5 Å². The Morgan fingerprint density at radius 1 is 1.30 bits per heavy atom. The van der Waals surface area contributed by atoms with Gasteiger partial charge in [0.15, 0.2) is 5.82 Å². The summed E-state index contributed by atoms with van der Waals surface area (Å²) < 4.78 is 10.6. The molecule has 0 radical (unpaired) electrons. The molecule has 6 nitrogen and oxygen atoms in total. The van der Waals surface area contributed by atoms with E-state index in [-0.39, 0.29) is 0 Å². The highest BCUT2D eigenvalue weighted by atomic mass is 16.5. The quantitative estimate of drug-likeness (QED) is 0.707. The fraction of sp³-hybridized carbons (Fsp3) is 0.714. The van der Waals surface area contributed by atoms with Crippen molar-refractivity contribution in [2.75, 3.05) is 31.4 Å². The van der Waals surface area contributed by atoms with E-state index in [2.05, 4.69) is 29.1 Å². The highest BCUT2D eigenvalue weighted by Crippen LogP contribution is 2.31. The minimum absolute atomic E-state index is 0.432. The van der Waals surface area contributed by atoms with Crippen LogP contribution in [0.15, 0.2) is 0 Å². The lowest BCUT2D eigenvalue weighted by Gasteiger charge is -2.14. The molecule has 0 aliphatic heterocycles. The third-order valence-electron chi connectivity index (χ3n) is 2.99. The number of aromatic nitrogens is 2. The molecule has 1 aliphatic rings. The molecular formula is C14H24N4O2. The van der Waals surface area contributed by atoms with E-state index < -0.39 is 0 Å². The van der Waals surface area contributed by atoms with Crippen molar-refractivity contribution < 1.29 is 9.47 Å². The van der Waals surface area contributed by atoms with Crippen LogP contribution in [-0.2, 0) is 11.2 Å². The predicted octanol–water partition coefficient (Wildman–Crippen LogP) is 1.86. The molecule has 0 spiro atoms. The smallest absolute Gasteiger partial charge is 0.242 e. The number of hydrogen-bond donors (Lipinski definition) is 2. The maximum atomic E-state index is 6.09. The SMILES string of the molecule is COCCOc1nc(CC(C)C)nc(NC2CC2)c1N. The van der Waals surface area contributed by atoms with Crippen LogP contribution in [0.1, 0.15) is 32.5 Å². The first-order valence-electron chi connectivity index (χ1n) is 7.14. The number of anilines is 2. The zero-order valence-corrected chi connectivity index (χ0v) is 12.5. The molecule has 0 bridgehead atoms. The fourth-order valence-electron chi connectivity index (χ4n) is 1.81. The number of methoxy groups -OCH3 is 1. The first-order chi connectivity index (χ1) is 9.60. The zero-order valence-electron chi connectivity index (χ0n) is 12.5. The van der Waals surface area contributed by atoms with Crippen LogP contribution in [0, 0.1) is 5.92 Å². The van der Waals surface area contributed by atoms with Crippen LogP contribution in [-0.4, -0.2) is 36.3 Å². The topological polar surface area (TPSA) is 82.3 Å². The third-order valence-corrected chi connectivity index (χ3v) is 2.99. The summed E-state index contributed by atoms with van der Waals surface area (Å²) in [6.07, 6.45) is 3.14. The molecule has 6 heteroatoms. The van der Waals surface area contributed by atoms with Crippen LogP contribution in [0.4, 0.5) is 11.5 Å². The van der Waals surface area contributed by atoms with E-state index in [9.17, 15) is 0 Å². The van der Waals surface area contributed by atoms with Gasteiger partial charge in [-0.2, -0.15) is 4.98 Å². The third kappa shape index (κ3) is 4.23. The largest absolute Gasteiger partial charge is 0.474 e. The van der Waals surface area contributed by atoms with Crippen molar-refractivity contribution in [2.24, 2.45) is 5.92 Å². The van der Waals surface area contributed by atoms with Crippen molar-refractivity contribution in [3.8, 4) is 5.88 Å². The van der Waals surface area contributed by atoms with Gasteiger partial charge in [0.2, 0.25) is 5.88 Å². The number of nitrogen functional groups attached to an aromatic ring is 1. The molecule has 20 heavy (non-hydrogen) atoms. The Bertz CT molecular complexity index is 447. The van der Waals surface area contributed by atoms with Crippen molar-refractivity contribution in [1.29, 1.82) is 0 Å². The van der Waals surface area contributed by atoms with Gasteiger partial charge in [-0.1, -0.05) is 13.8 Å². The molecule has 1 heterocycles. The van der Waals surface area contributed by atoms with Gasteiger partial charge in [-0.05, 0) is 18.8 Å².